The summed E-state index contributed by atoms with van der Waals surface area (Å²) in [5.74, 6) is -0.247. The highest BCUT2D eigenvalue weighted by atomic mass is 35.5. The van der Waals surface area contributed by atoms with E-state index in [0.29, 0.717) is 17.3 Å². The van der Waals surface area contributed by atoms with Gasteiger partial charge in [-0.2, -0.15) is 0 Å². The highest BCUT2D eigenvalue weighted by Crippen LogP contribution is 2.22. The van der Waals surface area contributed by atoms with Crippen LogP contribution in [0.15, 0.2) is 18.2 Å². The summed E-state index contributed by atoms with van der Waals surface area (Å²) in [4.78, 5) is 23.4. The first-order valence-corrected chi connectivity index (χ1v) is 6.92. The Morgan fingerprint density at radius 2 is 1.90 bits per heavy atom. The minimum absolute atomic E-state index is 0.0707. The largest absolute Gasteiger partial charge is 0.355 e. The van der Waals surface area contributed by atoms with E-state index < -0.39 is 5.41 Å². The third kappa shape index (κ3) is 5.21. The monoisotopic (exact) mass is 296 g/mol. The van der Waals surface area contributed by atoms with Crippen molar-refractivity contribution in [3.63, 3.8) is 0 Å². The van der Waals surface area contributed by atoms with Crippen LogP contribution in [0, 0.1) is 12.3 Å². The van der Waals surface area contributed by atoms with E-state index in [1.807, 2.05) is 33.8 Å². The van der Waals surface area contributed by atoms with Crippen LogP contribution < -0.4 is 10.6 Å². The van der Waals surface area contributed by atoms with Crippen molar-refractivity contribution in [2.24, 2.45) is 5.41 Å². The number of hydrogen-bond acceptors (Lipinski definition) is 2. The van der Waals surface area contributed by atoms with E-state index in [1.54, 1.807) is 12.1 Å². The Kier molecular flexibility index (Phi) is 5.57. The number of nitrogens with one attached hydrogen (secondary N) is 2. The van der Waals surface area contributed by atoms with Crippen molar-refractivity contribution in [2.45, 2.75) is 34.1 Å². The van der Waals surface area contributed by atoms with Gasteiger partial charge in [-0.15, -0.1) is 0 Å². The van der Waals surface area contributed by atoms with E-state index in [-0.39, 0.29) is 18.2 Å². The molecule has 0 saturated heterocycles. The summed E-state index contributed by atoms with van der Waals surface area (Å²) < 4.78 is 0. The molecule has 0 aliphatic rings. The first kappa shape index (κ1) is 16.5. The maximum atomic E-state index is 11.8. The van der Waals surface area contributed by atoms with Gasteiger partial charge >= 0.3 is 0 Å². The number of rotatable bonds is 4. The van der Waals surface area contributed by atoms with Gasteiger partial charge in [0.05, 0.1) is 10.7 Å². The molecule has 110 valence electrons. The number of benzene rings is 1. The normalized spacial score (nSPS) is 11.1. The minimum Gasteiger partial charge on any atom is -0.355 e. The Balaban J connectivity index is 2.43. The molecule has 0 aromatic heterocycles. The lowest BCUT2D eigenvalue weighted by molar-refractivity contribution is -0.128. The van der Waals surface area contributed by atoms with Gasteiger partial charge in [0.25, 0.3) is 0 Å². The molecule has 0 heterocycles. The molecule has 1 aromatic rings. The highest BCUT2D eigenvalue weighted by molar-refractivity contribution is 6.33. The van der Waals surface area contributed by atoms with Crippen molar-refractivity contribution >= 4 is 29.1 Å². The van der Waals surface area contributed by atoms with Gasteiger partial charge in [-0.1, -0.05) is 38.4 Å². The van der Waals surface area contributed by atoms with Crippen LogP contribution in [0.2, 0.25) is 5.02 Å². The zero-order valence-electron chi connectivity index (χ0n) is 12.3. The van der Waals surface area contributed by atoms with E-state index in [4.69, 9.17) is 11.6 Å². The SMILES string of the molecule is Cc1ccc(NC(=O)CCNC(=O)C(C)(C)C)c(Cl)c1. The van der Waals surface area contributed by atoms with Gasteiger partial charge in [0.1, 0.15) is 0 Å². The standard InChI is InChI=1S/C15H21ClN2O2/c1-10-5-6-12(11(16)9-10)18-13(19)7-8-17-14(20)15(2,3)4/h5-6,9H,7-8H2,1-4H3,(H,17,20)(H,18,19). The topological polar surface area (TPSA) is 58.2 Å². The molecule has 0 bridgehead atoms. The van der Waals surface area contributed by atoms with Crippen molar-refractivity contribution in [3.8, 4) is 0 Å². The third-order valence-electron chi connectivity index (χ3n) is 2.72. The molecule has 0 radical (unpaired) electrons. The average Bonchev–Trinajstić information content (AvgIpc) is 2.31. The smallest absolute Gasteiger partial charge is 0.226 e. The quantitative estimate of drug-likeness (QED) is 0.897. The number of hydrogen-bond donors (Lipinski definition) is 2. The molecule has 1 aromatic carbocycles. The fraction of sp³-hybridized carbons (Fsp3) is 0.467. The van der Waals surface area contributed by atoms with E-state index >= 15 is 0 Å². The molecule has 0 atom stereocenters. The lowest BCUT2D eigenvalue weighted by atomic mass is 9.96. The number of carbonyl (C=O) groups is 2. The molecule has 0 aliphatic carbocycles. The Bertz CT molecular complexity index is 507. The van der Waals surface area contributed by atoms with E-state index in [2.05, 4.69) is 10.6 Å². The second kappa shape index (κ2) is 6.75. The molecule has 1 rings (SSSR count). The number of aryl methyl sites for hydroxylation is 1. The molecule has 0 fully saturated rings. The Morgan fingerprint density at radius 3 is 2.45 bits per heavy atom. The van der Waals surface area contributed by atoms with E-state index in [1.165, 1.54) is 0 Å². The zero-order chi connectivity index (χ0) is 15.3. The molecule has 0 spiro atoms. The van der Waals surface area contributed by atoms with Crippen LogP contribution in [0.4, 0.5) is 5.69 Å². The fourth-order valence-electron chi connectivity index (χ4n) is 1.49. The first-order chi connectivity index (χ1) is 9.20. The zero-order valence-corrected chi connectivity index (χ0v) is 13.1. The molecule has 5 heteroatoms. The molecular weight excluding hydrogens is 276 g/mol. The van der Waals surface area contributed by atoms with Crippen molar-refractivity contribution in [1.29, 1.82) is 0 Å². The number of carbonyl (C=O) groups excluding carboxylic acids is 2. The summed E-state index contributed by atoms with van der Waals surface area (Å²) in [6.45, 7) is 7.72. The summed E-state index contributed by atoms with van der Waals surface area (Å²) in [6, 6.07) is 5.44. The van der Waals surface area contributed by atoms with Crippen molar-refractivity contribution < 1.29 is 9.59 Å². The number of anilines is 1. The maximum Gasteiger partial charge on any atom is 0.226 e. The van der Waals surface area contributed by atoms with Gasteiger partial charge in [-0.25, -0.2) is 0 Å². The lowest BCUT2D eigenvalue weighted by Gasteiger charge is -2.17. The summed E-state index contributed by atoms with van der Waals surface area (Å²) >= 11 is 6.03. The van der Waals surface area contributed by atoms with Gasteiger partial charge in [0, 0.05) is 18.4 Å². The van der Waals surface area contributed by atoms with Crippen molar-refractivity contribution in [1.82, 2.24) is 5.32 Å². The molecule has 2 N–H and O–H groups in total. The predicted octanol–water partition coefficient (Wildman–Crippen LogP) is 3.14. The average molecular weight is 297 g/mol. The van der Waals surface area contributed by atoms with Gasteiger partial charge in [-0.05, 0) is 24.6 Å². The molecule has 4 nitrogen and oxygen atoms in total. The maximum absolute atomic E-state index is 11.8. The van der Waals surface area contributed by atoms with E-state index in [0.717, 1.165) is 5.56 Å². The van der Waals surface area contributed by atoms with Crippen LogP contribution in [0.1, 0.15) is 32.8 Å². The van der Waals surface area contributed by atoms with Crippen LogP contribution in [0.3, 0.4) is 0 Å². The third-order valence-corrected chi connectivity index (χ3v) is 3.03. The van der Waals surface area contributed by atoms with Gasteiger partial charge < -0.3 is 10.6 Å². The van der Waals surface area contributed by atoms with Gasteiger partial charge in [0.2, 0.25) is 11.8 Å². The lowest BCUT2D eigenvalue weighted by Crippen LogP contribution is -2.36. The molecule has 0 unspecified atom stereocenters. The molecule has 2 amide bonds. The summed E-state index contributed by atoms with van der Waals surface area (Å²) in [5.41, 5.74) is 1.17. The molecule has 0 aliphatic heterocycles. The number of halogens is 1. The Hall–Kier alpha value is -1.55. The molecule has 20 heavy (non-hydrogen) atoms. The minimum atomic E-state index is -0.448. The van der Waals surface area contributed by atoms with Crippen molar-refractivity contribution in [2.75, 3.05) is 11.9 Å². The molecule has 0 saturated carbocycles. The van der Waals surface area contributed by atoms with E-state index in [9.17, 15) is 9.59 Å². The van der Waals surface area contributed by atoms with Crippen LogP contribution >= 0.6 is 11.6 Å². The fourth-order valence-corrected chi connectivity index (χ4v) is 1.77. The predicted molar refractivity (Wildman–Crippen MR) is 81.9 cm³/mol. The van der Waals surface area contributed by atoms with Gasteiger partial charge in [-0.3, -0.25) is 9.59 Å². The summed E-state index contributed by atoms with van der Waals surface area (Å²) in [6.07, 6.45) is 0.214. The van der Waals surface area contributed by atoms with Crippen LogP contribution in [-0.4, -0.2) is 18.4 Å². The molecular formula is C15H21ClN2O2. The summed E-state index contributed by atoms with van der Waals surface area (Å²) in [7, 11) is 0. The Labute approximate surface area is 124 Å². The van der Waals surface area contributed by atoms with Gasteiger partial charge in [0.15, 0.2) is 0 Å². The van der Waals surface area contributed by atoms with Crippen molar-refractivity contribution in [3.05, 3.63) is 28.8 Å². The highest BCUT2D eigenvalue weighted by Gasteiger charge is 2.20. The summed E-state index contributed by atoms with van der Waals surface area (Å²) in [5, 5.41) is 5.97. The Morgan fingerprint density at radius 1 is 1.25 bits per heavy atom. The second-order valence-corrected chi connectivity index (χ2v) is 6.19. The van der Waals surface area contributed by atoms with Crippen LogP contribution in [-0.2, 0) is 9.59 Å². The number of amides is 2. The first-order valence-electron chi connectivity index (χ1n) is 6.54. The van der Waals surface area contributed by atoms with Crippen LogP contribution in [0.25, 0.3) is 0 Å². The van der Waals surface area contributed by atoms with Crippen LogP contribution in [0.5, 0.6) is 0 Å². The second-order valence-electron chi connectivity index (χ2n) is 5.79.